The third-order valence-electron chi connectivity index (χ3n) is 1.29. The summed E-state index contributed by atoms with van der Waals surface area (Å²) in [6, 6.07) is -2.28. The number of hydrogen-bond acceptors (Lipinski definition) is 7. The van der Waals surface area contributed by atoms with Crippen LogP contribution in [0, 0.1) is 0 Å². The summed E-state index contributed by atoms with van der Waals surface area (Å²) in [6.07, 6.45) is 0. The average Bonchev–Trinajstić information content (AvgIpc) is 2.29. The first-order valence-corrected chi connectivity index (χ1v) is 5.66. The second-order valence-corrected chi connectivity index (χ2v) is 3.75. The average molecular weight is 299 g/mol. The van der Waals surface area contributed by atoms with Crippen molar-refractivity contribution in [1.82, 2.24) is 0 Å². The van der Waals surface area contributed by atoms with Crippen LogP contribution in [0.5, 0.6) is 0 Å². The van der Waals surface area contributed by atoms with Crippen molar-refractivity contribution in [2.24, 2.45) is 17.2 Å². The summed E-state index contributed by atoms with van der Waals surface area (Å²) in [5.41, 5.74) is 14.6. The van der Waals surface area contributed by atoms with Crippen LogP contribution in [-0.2, 0) is 14.4 Å². The molecule has 19 heavy (non-hydrogen) atoms. The van der Waals surface area contributed by atoms with Gasteiger partial charge < -0.3 is 32.5 Å². The van der Waals surface area contributed by atoms with Crippen LogP contribution < -0.4 is 17.2 Å². The van der Waals surface area contributed by atoms with E-state index in [-0.39, 0.29) is 5.75 Å². The Morgan fingerprint density at radius 2 is 1.11 bits per heavy atom. The zero-order valence-corrected chi connectivity index (χ0v) is 11.6. The Hall–Kier alpha value is -1.36. The Bertz CT molecular complexity index is 267. The van der Waals surface area contributed by atoms with E-state index >= 15 is 0 Å². The van der Waals surface area contributed by atoms with Crippen LogP contribution in [0.1, 0.15) is 13.8 Å². The Balaban J connectivity index is -0.000000203. The lowest BCUT2D eigenvalue weighted by Gasteiger charge is -1.96. The minimum Gasteiger partial charge on any atom is -0.480 e. The summed E-state index contributed by atoms with van der Waals surface area (Å²) in [4.78, 5) is 28.9. The van der Waals surface area contributed by atoms with E-state index in [0.717, 1.165) is 0 Å². The molecule has 0 aromatic carbocycles. The van der Waals surface area contributed by atoms with Crippen LogP contribution in [0.25, 0.3) is 0 Å². The number of carboxylic acids is 3. The Morgan fingerprint density at radius 3 is 1.11 bits per heavy atom. The summed E-state index contributed by atoms with van der Waals surface area (Å²) in [5.74, 6) is -2.74. The number of nitrogens with two attached hydrogens (primary N) is 3. The zero-order chi connectivity index (χ0) is 16.2. The molecule has 9 nitrogen and oxygen atoms in total. The van der Waals surface area contributed by atoms with Gasteiger partial charge in [-0.05, 0) is 13.8 Å². The SMILES string of the molecule is C[C@H](N)C(=O)O.C[C@H](N)C(=O)O.N[C@@H](CS)C(=O)O. The fourth-order valence-electron chi connectivity index (χ4n) is 0.0781. The van der Waals surface area contributed by atoms with Gasteiger partial charge in [-0.15, -0.1) is 0 Å². The quantitative estimate of drug-likeness (QED) is 0.292. The van der Waals surface area contributed by atoms with Crippen molar-refractivity contribution < 1.29 is 29.7 Å². The normalized spacial score (nSPS) is 13.6. The lowest BCUT2D eigenvalue weighted by atomic mass is 10.4. The molecule has 0 spiro atoms. The summed E-state index contributed by atoms with van der Waals surface area (Å²) in [5, 5.41) is 23.7. The molecule has 9 N–H and O–H groups in total. The first kappa shape index (κ1) is 22.8. The molecule has 3 atom stereocenters. The molecule has 0 aromatic rings. The molecule has 0 radical (unpaired) electrons. The van der Waals surface area contributed by atoms with Crippen LogP contribution in [0.15, 0.2) is 0 Å². The van der Waals surface area contributed by atoms with Gasteiger partial charge >= 0.3 is 17.9 Å². The molecule has 0 heterocycles. The van der Waals surface area contributed by atoms with Crippen LogP contribution in [0.3, 0.4) is 0 Å². The Kier molecular flexibility index (Phi) is 15.7. The highest BCUT2D eigenvalue weighted by molar-refractivity contribution is 7.80. The molecular weight excluding hydrogens is 278 g/mol. The van der Waals surface area contributed by atoms with Gasteiger partial charge in [-0.25, -0.2) is 0 Å². The molecule has 0 fully saturated rings. The van der Waals surface area contributed by atoms with Gasteiger partial charge in [0.1, 0.15) is 18.1 Å². The van der Waals surface area contributed by atoms with Crippen molar-refractivity contribution in [1.29, 1.82) is 0 Å². The maximum atomic E-state index is 9.76. The minimum atomic E-state index is -1.00. The van der Waals surface area contributed by atoms with E-state index in [1.54, 1.807) is 0 Å². The molecular formula is C9H21N3O6S. The van der Waals surface area contributed by atoms with E-state index in [9.17, 15) is 14.4 Å². The molecule has 0 bridgehead atoms. The van der Waals surface area contributed by atoms with Gasteiger partial charge in [-0.2, -0.15) is 12.6 Å². The standard InChI is InChI=1S/C3H7NO2S.2C3H7NO2/c4-2(1-7)3(5)6;2*1-2(4)3(5)6/h2,7H,1,4H2,(H,5,6);2*2H,4H2,1H3,(H,5,6)/t3*2-/m000/s1. The molecule has 10 heteroatoms. The van der Waals surface area contributed by atoms with Gasteiger partial charge in [-0.3, -0.25) is 14.4 Å². The van der Waals surface area contributed by atoms with Gasteiger partial charge in [0, 0.05) is 5.75 Å². The number of carbonyl (C=O) groups is 3. The summed E-state index contributed by atoms with van der Waals surface area (Å²) >= 11 is 3.65. The first-order chi connectivity index (χ1) is 8.47. The fraction of sp³-hybridized carbons (Fsp3) is 0.667. The molecule has 0 aliphatic rings. The second-order valence-electron chi connectivity index (χ2n) is 3.38. The van der Waals surface area contributed by atoms with Crippen molar-refractivity contribution in [3.63, 3.8) is 0 Å². The Labute approximate surface area is 116 Å². The van der Waals surface area contributed by atoms with Crippen LogP contribution in [0.2, 0.25) is 0 Å². The van der Waals surface area contributed by atoms with Crippen molar-refractivity contribution >= 4 is 30.5 Å². The second kappa shape index (κ2) is 13.1. The van der Waals surface area contributed by atoms with Gasteiger partial charge in [0.2, 0.25) is 0 Å². The molecule has 0 aromatic heterocycles. The molecule has 0 aliphatic heterocycles. The van der Waals surface area contributed by atoms with Gasteiger partial charge in [0.15, 0.2) is 0 Å². The predicted octanol–water partition coefficient (Wildman–Crippen LogP) is -1.84. The highest BCUT2D eigenvalue weighted by atomic mass is 32.1. The molecule has 0 aliphatic carbocycles. The van der Waals surface area contributed by atoms with E-state index in [2.05, 4.69) is 12.6 Å². The lowest BCUT2D eigenvalue weighted by Crippen LogP contribution is -2.31. The van der Waals surface area contributed by atoms with Gasteiger partial charge in [0.05, 0.1) is 0 Å². The van der Waals surface area contributed by atoms with E-state index in [1.807, 2.05) is 0 Å². The highest BCUT2D eigenvalue weighted by Gasteiger charge is 2.06. The van der Waals surface area contributed by atoms with E-state index < -0.39 is 36.0 Å². The third-order valence-corrected chi connectivity index (χ3v) is 1.69. The summed E-state index contributed by atoms with van der Waals surface area (Å²) in [6.45, 7) is 2.84. The maximum absolute atomic E-state index is 9.76. The lowest BCUT2D eigenvalue weighted by molar-refractivity contribution is -0.139. The van der Waals surface area contributed by atoms with E-state index in [4.69, 9.17) is 32.5 Å². The molecule has 0 saturated heterocycles. The van der Waals surface area contributed by atoms with Crippen molar-refractivity contribution in [2.45, 2.75) is 32.0 Å². The minimum absolute atomic E-state index is 0.190. The predicted molar refractivity (Wildman–Crippen MR) is 72.0 cm³/mol. The third kappa shape index (κ3) is 22.3. The number of aliphatic carboxylic acids is 3. The number of carboxylic acid groups (broad SMARTS) is 3. The van der Waals surface area contributed by atoms with Crippen molar-refractivity contribution in [2.75, 3.05) is 5.75 Å². The van der Waals surface area contributed by atoms with Crippen molar-refractivity contribution in [3.8, 4) is 0 Å². The molecule has 0 saturated carbocycles. The highest BCUT2D eigenvalue weighted by Crippen LogP contribution is 1.80. The van der Waals surface area contributed by atoms with E-state index in [0.29, 0.717) is 0 Å². The summed E-state index contributed by atoms with van der Waals surface area (Å²) in [7, 11) is 0. The molecule has 114 valence electrons. The van der Waals surface area contributed by atoms with Crippen LogP contribution in [-0.4, -0.2) is 57.1 Å². The molecule has 0 amide bonds. The van der Waals surface area contributed by atoms with Gasteiger partial charge in [0.25, 0.3) is 0 Å². The molecule has 0 rings (SSSR count). The largest absolute Gasteiger partial charge is 0.480 e. The number of hydrogen-bond donors (Lipinski definition) is 7. The summed E-state index contributed by atoms with van der Waals surface area (Å²) < 4.78 is 0. The number of thiol groups is 1. The Morgan fingerprint density at radius 1 is 0.895 bits per heavy atom. The number of rotatable bonds is 4. The van der Waals surface area contributed by atoms with Gasteiger partial charge in [-0.1, -0.05) is 0 Å². The maximum Gasteiger partial charge on any atom is 0.321 e. The van der Waals surface area contributed by atoms with Crippen LogP contribution in [0.4, 0.5) is 0 Å². The first-order valence-electron chi connectivity index (χ1n) is 5.03. The van der Waals surface area contributed by atoms with E-state index in [1.165, 1.54) is 13.8 Å². The van der Waals surface area contributed by atoms with Crippen molar-refractivity contribution in [3.05, 3.63) is 0 Å². The zero-order valence-electron chi connectivity index (χ0n) is 10.7. The molecule has 0 unspecified atom stereocenters. The fourth-order valence-corrected chi connectivity index (χ4v) is 0.234. The monoisotopic (exact) mass is 299 g/mol. The smallest absolute Gasteiger partial charge is 0.321 e. The topological polar surface area (TPSA) is 190 Å². The van der Waals surface area contributed by atoms with Crippen LogP contribution >= 0.6 is 12.6 Å².